The maximum Gasteiger partial charge on any atom is 0.255 e. The van der Waals surface area contributed by atoms with Crippen LogP contribution in [0.3, 0.4) is 0 Å². The molecular formula is C29H34N6O8S4. The number of nitrogens with one attached hydrogen (secondary N) is 2. The van der Waals surface area contributed by atoms with E-state index < -0.39 is 20.0 Å². The van der Waals surface area contributed by atoms with Gasteiger partial charge < -0.3 is 0 Å². The van der Waals surface area contributed by atoms with Gasteiger partial charge in [-0.3, -0.25) is 37.8 Å². The van der Waals surface area contributed by atoms with E-state index in [4.69, 9.17) is 0 Å². The number of benzene rings is 2. The molecular weight excluding hydrogens is 689 g/mol. The zero-order valence-electron chi connectivity index (χ0n) is 26.1. The summed E-state index contributed by atoms with van der Waals surface area (Å²) in [5.74, 6) is 0.173. The molecule has 14 nitrogen and oxygen atoms in total. The van der Waals surface area contributed by atoms with Gasteiger partial charge in [-0.25, -0.2) is 26.8 Å². The molecule has 0 bridgehead atoms. The van der Waals surface area contributed by atoms with Crippen LogP contribution in [0.15, 0.2) is 36.4 Å². The summed E-state index contributed by atoms with van der Waals surface area (Å²) in [7, 11) is -7.07. The van der Waals surface area contributed by atoms with Gasteiger partial charge in [0.1, 0.15) is 0 Å². The second-order valence-corrected chi connectivity index (χ2v) is 16.2. The number of hydrogen-bond acceptors (Lipinski definition) is 12. The molecule has 0 unspecified atom stereocenters. The lowest BCUT2D eigenvalue weighted by Crippen LogP contribution is -2.16. The molecule has 0 fully saturated rings. The summed E-state index contributed by atoms with van der Waals surface area (Å²) in [6, 6.07) is 9.04. The Balaban J connectivity index is 1.34. The number of nitrogens with zero attached hydrogens (tertiary/aromatic N) is 4. The molecule has 0 spiro atoms. The van der Waals surface area contributed by atoms with Crippen molar-refractivity contribution in [3.8, 4) is 0 Å². The van der Waals surface area contributed by atoms with Gasteiger partial charge in [0.15, 0.2) is 11.6 Å². The van der Waals surface area contributed by atoms with E-state index in [1.807, 2.05) is 0 Å². The molecule has 4 aromatic rings. The van der Waals surface area contributed by atoms with Gasteiger partial charge >= 0.3 is 0 Å². The van der Waals surface area contributed by atoms with Crippen molar-refractivity contribution >= 4 is 99.1 Å². The summed E-state index contributed by atoms with van der Waals surface area (Å²) in [5.41, 5.74) is 1.95. The zero-order valence-corrected chi connectivity index (χ0v) is 29.4. The van der Waals surface area contributed by atoms with Crippen LogP contribution in [-0.4, -0.2) is 82.0 Å². The van der Waals surface area contributed by atoms with Crippen molar-refractivity contribution in [1.82, 2.24) is 19.1 Å². The number of unbranched alkanes of at least 4 members (excludes halogenated alkanes) is 2. The lowest BCUT2D eigenvalue weighted by molar-refractivity contribution is 0.0894. The fourth-order valence-electron chi connectivity index (χ4n) is 4.65. The van der Waals surface area contributed by atoms with Crippen LogP contribution in [-0.2, 0) is 20.0 Å². The monoisotopic (exact) mass is 722 g/mol. The number of sulfonamides is 2. The van der Waals surface area contributed by atoms with Gasteiger partial charge in [0, 0.05) is 24.3 Å². The molecule has 0 radical (unpaired) electrons. The number of anilines is 2. The number of carbonyl (C=O) groups is 4. The van der Waals surface area contributed by atoms with Crippen LogP contribution in [0.4, 0.5) is 11.4 Å². The summed E-state index contributed by atoms with van der Waals surface area (Å²) in [6.07, 6.45) is 4.29. The minimum atomic E-state index is -3.55. The smallest absolute Gasteiger partial charge is 0.255 e. The minimum Gasteiger partial charge on any atom is -0.284 e. The standard InChI is InChI=1S/C29H34N6O8S4/c1-5-24(36)34-22-13-11-18(32-46(3,40)41)16-21(22)31-27(34)29(39)45-15-9-7-8-14-44-28(38)26-30-20-12-10-19(33-47(4,42)43)17-23(20)35(26)25(37)6-2/h10-13,16-17,32-33H,5-9,14-15H2,1-4H3. The third kappa shape index (κ3) is 9.21. The molecule has 2 aromatic carbocycles. The van der Waals surface area contributed by atoms with E-state index in [0.29, 0.717) is 52.8 Å². The normalized spacial score (nSPS) is 12.0. The van der Waals surface area contributed by atoms with Crippen molar-refractivity contribution in [1.29, 1.82) is 0 Å². The van der Waals surface area contributed by atoms with Crippen molar-refractivity contribution in [3.05, 3.63) is 48.0 Å². The summed E-state index contributed by atoms with van der Waals surface area (Å²) < 4.78 is 53.7. The van der Waals surface area contributed by atoms with Gasteiger partial charge in [-0.1, -0.05) is 43.8 Å². The maximum absolute atomic E-state index is 13.1. The summed E-state index contributed by atoms with van der Waals surface area (Å²) >= 11 is 2.05. The molecule has 0 atom stereocenters. The first-order valence-electron chi connectivity index (χ1n) is 14.5. The van der Waals surface area contributed by atoms with E-state index in [1.54, 1.807) is 26.0 Å². The Labute approximate surface area is 280 Å². The van der Waals surface area contributed by atoms with E-state index in [-0.39, 0.29) is 57.9 Å². The predicted octanol–water partition coefficient (Wildman–Crippen LogP) is 4.85. The third-order valence-corrected chi connectivity index (χ3v) is 9.73. The molecule has 0 aliphatic heterocycles. The summed E-state index contributed by atoms with van der Waals surface area (Å²) in [4.78, 5) is 60.3. The lowest BCUT2D eigenvalue weighted by atomic mass is 10.3. The largest absolute Gasteiger partial charge is 0.284 e. The third-order valence-electron chi connectivity index (χ3n) is 6.64. The molecule has 4 rings (SSSR count). The van der Waals surface area contributed by atoms with Gasteiger partial charge in [-0.2, -0.15) is 0 Å². The van der Waals surface area contributed by atoms with Crippen LogP contribution in [0.2, 0.25) is 0 Å². The van der Waals surface area contributed by atoms with Crippen molar-refractivity contribution in [2.24, 2.45) is 0 Å². The van der Waals surface area contributed by atoms with Crippen LogP contribution in [0.5, 0.6) is 0 Å². The average Bonchev–Trinajstić information content (AvgIpc) is 3.56. The van der Waals surface area contributed by atoms with Crippen LogP contribution >= 0.6 is 23.5 Å². The van der Waals surface area contributed by atoms with E-state index >= 15 is 0 Å². The molecule has 0 saturated carbocycles. The van der Waals surface area contributed by atoms with Crippen LogP contribution in [0, 0.1) is 0 Å². The average molecular weight is 723 g/mol. The maximum atomic E-state index is 13.1. The second kappa shape index (κ2) is 15.0. The molecule has 2 N–H and O–H groups in total. The van der Waals surface area contributed by atoms with E-state index in [0.717, 1.165) is 36.0 Å². The first-order valence-corrected chi connectivity index (χ1v) is 20.3. The Kier molecular flexibility index (Phi) is 11.5. The van der Waals surface area contributed by atoms with Crippen LogP contribution < -0.4 is 9.44 Å². The molecule has 2 aromatic heterocycles. The predicted molar refractivity (Wildman–Crippen MR) is 186 cm³/mol. The Morgan fingerprint density at radius 1 is 0.660 bits per heavy atom. The molecule has 0 aliphatic rings. The van der Waals surface area contributed by atoms with Crippen molar-refractivity contribution in [2.75, 3.05) is 33.5 Å². The molecule has 0 saturated heterocycles. The molecule has 47 heavy (non-hydrogen) atoms. The fourth-order valence-corrected chi connectivity index (χ4v) is 7.36. The first-order chi connectivity index (χ1) is 22.1. The van der Waals surface area contributed by atoms with E-state index in [9.17, 15) is 36.0 Å². The number of thioether (sulfide) groups is 2. The zero-order chi connectivity index (χ0) is 34.5. The quantitative estimate of drug-likeness (QED) is 0.168. The van der Waals surface area contributed by atoms with Gasteiger partial charge in [-0.05, 0) is 49.2 Å². The fraction of sp³-hybridized carbons (Fsp3) is 0.379. The highest BCUT2D eigenvalue weighted by atomic mass is 32.2. The highest BCUT2D eigenvalue weighted by Gasteiger charge is 2.24. The highest BCUT2D eigenvalue weighted by Crippen LogP contribution is 2.26. The first kappa shape index (κ1) is 36.1. The minimum absolute atomic E-state index is 0.0294. The van der Waals surface area contributed by atoms with Gasteiger partial charge in [-0.15, -0.1) is 0 Å². The SMILES string of the molecule is CCC(=O)n1c(C(=O)SCCCCCSC(=O)c2nc3ccc(NS(C)(=O)=O)cc3n2C(=O)CC)nc2cc(NS(C)(=O)=O)ccc21. The molecule has 2 heterocycles. The Hall–Kier alpha value is -3.74. The van der Waals surface area contributed by atoms with E-state index in [2.05, 4.69) is 19.4 Å². The van der Waals surface area contributed by atoms with Crippen molar-refractivity contribution in [3.63, 3.8) is 0 Å². The van der Waals surface area contributed by atoms with Crippen LogP contribution in [0.25, 0.3) is 22.1 Å². The number of rotatable bonds is 14. The van der Waals surface area contributed by atoms with E-state index in [1.165, 1.54) is 33.4 Å². The molecule has 0 amide bonds. The highest BCUT2D eigenvalue weighted by molar-refractivity contribution is 8.14. The number of carbonyl (C=O) groups excluding carboxylic acids is 4. The van der Waals surface area contributed by atoms with Crippen LogP contribution in [0.1, 0.15) is 76.8 Å². The van der Waals surface area contributed by atoms with Gasteiger partial charge in [0.2, 0.25) is 31.9 Å². The number of aromatic nitrogens is 4. The van der Waals surface area contributed by atoms with Crippen molar-refractivity contribution < 1.29 is 36.0 Å². The second-order valence-electron chi connectivity index (χ2n) is 10.5. The van der Waals surface area contributed by atoms with Gasteiger partial charge in [0.05, 0.1) is 46.0 Å². The molecule has 18 heteroatoms. The molecule has 0 aliphatic carbocycles. The number of imidazole rings is 2. The Morgan fingerprint density at radius 2 is 1.13 bits per heavy atom. The number of hydrogen-bond donors (Lipinski definition) is 2. The van der Waals surface area contributed by atoms with Crippen molar-refractivity contribution in [2.45, 2.75) is 46.0 Å². The molecule has 252 valence electrons. The van der Waals surface area contributed by atoms with Gasteiger partial charge in [0.25, 0.3) is 10.2 Å². The summed E-state index contributed by atoms with van der Waals surface area (Å²) in [5, 5.41) is -0.779. The summed E-state index contributed by atoms with van der Waals surface area (Å²) in [6.45, 7) is 3.33. The lowest BCUT2D eigenvalue weighted by Gasteiger charge is -2.07. The number of fused-ring (bicyclic) bond motifs is 2. The Bertz CT molecular complexity index is 2070. The topological polar surface area (TPSA) is 196 Å². The Morgan fingerprint density at radius 3 is 1.64 bits per heavy atom.